The number of halogens is 1. The van der Waals surface area contributed by atoms with Gasteiger partial charge in [-0.15, -0.1) is 24.0 Å². The maximum atomic E-state index is 12.6. The van der Waals surface area contributed by atoms with Crippen molar-refractivity contribution in [3.63, 3.8) is 0 Å². The standard InChI is InChI=1S/C25H39N5O2.HI/c1-4-26-25(29-22-12-7-11-19(15-22)24(32)28-18(2)3)27-14-8-13-23(31)30-16-20-9-5-6-10-21(20)17-30;/h5-6,9-10,18-19,22H,4,7-8,11-17H2,1-3H3,(H,28,32)(H2,26,27,29);1H. The van der Waals surface area contributed by atoms with Crippen molar-refractivity contribution in [2.45, 2.75) is 84.5 Å². The van der Waals surface area contributed by atoms with Gasteiger partial charge in [0.2, 0.25) is 11.8 Å². The first kappa shape index (κ1) is 27.4. The van der Waals surface area contributed by atoms with Gasteiger partial charge in [0.15, 0.2) is 5.96 Å². The molecule has 0 saturated heterocycles. The predicted octanol–water partition coefficient (Wildman–Crippen LogP) is 3.57. The van der Waals surface area contributed by atoms with Gasteiger partial charge in [0.05, 0.1) is 0 Å². The van der Waals surface area contributed by atoms with Gasteiger partial charge in [-0.2, -0.15) is 0 Å². The number of nitrogens with one attached hydrogen (secondary N) is 3. The lowest BCUT2D eigenvalue weighted by Gasteiger charge is -2.30. The zero-order valence-electron chi connectivity index (χ0n) is 20.2. The highest BCUT2D eigenvalue weighted by atomic mass is 127. The van der Waals surface area contributed by atoms with E-state index in [0.29, 0.717) is 13.0 Å². The molecule has 0 aromatic heterocycles. The molecular formula is C25H40IN5O2. The van der Waals surface area contributed by atoms with E-state index in [1.807, 2.05) is 37.8 Å². The maximum Gasteiger partial charge on any atom is 0.223 e. The second-order valence-corrected chi connectivity index (χ2v) is 9.25. The van der Waals surface area contributed by atoms with Crippen molar-refractivity contribution in [2.24, 2.45) is 10.9 Å². The molecular weight excluding hydrogens is 529 g/mol. The number of fused-ring (bicyclic) bond motifs is 1. The number of aliphatic imine (C=N–C) groups is 1. The van der Waals surface area contributed by atoms with Crippen molar-refractivity contribution < 1.29 is 9.59 Å². The van der Waals surface area contributed by atoms with Gasteiger partial charge in [0.25, 0.3) is 0 Å². The van der Waals surface area contributed by atoms with Crippen LogP contribution in [0.5, 0.6) is 0 Å². The minimum absolute atomic E-state index is 0. The Morgan fingerprint density at radius 2 is 1.85 bits per heavy atom. The molecule has 8 heteroatoms. The first-order chi connectivity index (χ1) is 15.5. The van der Waals surface area contributed by atoms with Crippen molar-refractivity contribution in [1.82, 2.24) is 20.9 Å². The molecule has 1 saturated carbocycles. The second kappa shape index (κ2) is 13.8. The Hall–Kier alpha value is -1.84. The van der Waals surface area contributed by atoms with Crippen LogP contribution in [-0.2, 0) is 22.7 Å². The smallest absolute Gasteiger partial charge is 0.223 e. The maximum absolute atomic E-state index is 12.6. The number of hydrogen-bond donors (Lipinski definition) is 3. The van der Waals surface area contributed by atoms with Crippen LogP contribution in [0, 0.1) is 5.92 Å². The molecule has 2 amide bonds. The molecule has 1 aromatic rings. The highest BCUT2D eigenvalue weighted by molar-refractivity contribution is 14.0. The summed E-state index contributed by atoms with van der Waals surface area (Å²) in [6, 6.07) is 8.68. The average molecular weight is 570 g/mol. The number of carbonyl (C=O) groups is 2. The Balaban J connectivity index is 0.00000385. The van der Waals surface area contributed by atoms with Crippen molar-refractivity contribution in [3.8, 4) is 0 Å². The molecule has 0 radical (unpaired) electrons. The molecule has 2 atom stereocenters. The summed E-state index contributed by atoms with van der Waals surface area (Å²) in [5, 5.41) is 9.86. The molecule has 2 aliphatic rings. The minimum atomic E-state index is 0. The third kappa shape index (κ3) is 8.46. The lowest BCUT2D eigenvalue weighted by Crippen LogP contribution is -2.47. The van der Waals surface area contributed by atoms with Crippen LogP contribution in [0.25, 0.3) is 0 Å². The van der Waals surface area contributed by atoms with Crippen molar-refractivity contribution in [1.29, 1.82) is 0 Å². The van der Waals surface area contributed by atoms with E-state index < -0.39 is 0 Å². The largest absolute Gasteiger partial charge is 0.357 e. The van der Waals surface area contributed by atoms with E-state index in [-0.39, 0.29) is 53.8 Å². The Kier molecular flexibility index (Phi) is 11.4. The van der Waals surface area contributed by atoms with Gasteiger partial charge in [-0.05, 0) is 57.6 Å². The summed E-state index contributed by atoms with van der Waals surface area (Å²) >= 11 is 0. The number of rotatable bonds is 8. The van der Waals surface area contributed by atoms with E-state index in [2.05, 4.69) is 33.1 Å². The summed E-state index contributed by atoms with van der Waals surface area (Å²) in [4.78, 5) is 31.6. The van der Waals surface area contributed by atoms with E-state index in [0.717, 1.165) is 57.7 Å². The summed E-state index contributed by atoms with van der Waals surface area (Å²) < 4.78 is 0. The zero-order chi connectivity index (χ0) is 22.9. The molecule has 0 spiro atoms. The molecule has 1 aromatic carbocycles. The fraction of sp³-hybridized carbons (Fsp3) is 0.640. The number of amides is 2. The summed E-state index contributed by atoms with van der Waals surface area (Å²) in [5.41, 5.74) is 2.51. The van der Waals surface area contributed by atoms with Crippen LogP contribution in [0.3, 0.4) is 0 Å². The van der Waals surface area contributed by atoms with E-state index in [4.69, 9.17) is 0 Å². The molecule has 1 heterocycles. The highest BCUT2D eigenvalue weighted by Gasteiger charge is 2.28. The van der Waals surface area contributed by atoms with Gasteiger partial charge in [-0.1, -0.05) is 30.7 Å². The average Bonchev–Trinajstić information content (AvgIpc) is 3.21. The second-order valence-electron chi connectivity index (χ2n) is 9.25. The molecule has 1 aliphatic carbocycles. The molecule has 2 unspecified atom stereocenters. The molecule has 1 fully saturated rings. The van der Waals surface area contributed by atoms with Gasteiger partial charge >= 0.3 is 0 Å². The van der Waals surface area contributed by atoms with Gasteiger partial charge in [0, 0.05) is 50.6 Å². The normalized spacial score (nSPS) is 20.1. The first-order valence-corrected chi connectivity index (χ1v) is 12.2. The first-order valence-electron chi connectivity index (χ1n) is 12.2. The van der Waals surface area contributed by atoms with Crippen LogP contribution in [0.15, 0.2) is 29.3 Å². The quantitative estimate of drug-likeness (QED) is 0.194. The van der Waals surface area contributed by atoms with Crippen LogP contribution in [-0.4, -0.2) is 47.8 Å². The monoisotopic (exact) mass is 569 g/mol. The Labute approximate surface area is 215 Å². The lowest BCUT2D eigenvalue weighted by atomic mass is 9.85. The highest BCUT2D eigenvalue weighted by Crippen LogP contribution is 2.25. The van der Waals surface area contributed by atoms with E-state index in [9.17, 15) is 9.59 Å². The van der Waals surface area contributed by atoms with Gasteiger partial charge in [0.1, 0.15) is 0 Å². The molecule has 1 aliphatic heterocycles. The van der Waals surface area contributed by atoms with Crippen LogP contribution < -0.4 is 16.0 Å². The van der Waals surface area contributed by atoms with Gasteiger partial charge < -0.3 is 20.9 Å². The summed E-state index contributed by atoms with van der Waals surface area (Å²) in [7, 11) is 0. The molecule has 3 rings (SSSR count). The number of benzene rings is 1. The number of guanidine groups is 1. The summed E-state index contributed by atoms with van der Waals surface area (Å²) in [5.74, 6) is 1.20. The SMILES string of the molecule is CCNC(=NCCCC(=O)N1Cc2ccccc2C1)NC1CCCC(C(=O)NC(C)C)C1.I. The Morgan fingerprint density at radius 1 is 1.15 bits per heavy atom. The molecule has 0 bridgehead atoms. The Morgan fingerprint density at radius 3 is 2.48 bits per heavy atom. The summed E-state index contributed by atoms with van der Waals surface area (Å²) in [6.07, 6.45) is 5.11. The van der Waals surface area contributed by atoms with Crippen molar-refractivity contribution in [2.75, 3.05) is 13.1 Å². The molecule has 3 N–H and O–H groups in total. The van der Waals surface area contributed by atoms with Gasteiger partial charge in [-0.25, -0.2) is 0 Å². The minimum Gasteiger partial charge on any atom is -0.357 e. The lowest BCUT2D eigenvalue weighted by molar-refractivity contribution is -0.132. The predicted molar refractivity (Wildman–Crippen MR) is 143 cm³/mol. The van der Waals surface area contributed by atoms with Crippen LogP contribution in [0.4, 0.5) is 0 Å². The van der Waals surface area contributed by atoms with Crippen LogP contribution in [0.1, 0.15) is 70.4 Å². The number of hydrogen-bond acceptors (Lipinski definition) is 3. The fourth-order valence-electron chi connectivity index (χ4n) is 4.56. The topological polar surface area (TPSA) is 85.8 Å². The third-order valence-corrected chi connectivity index (χ3v) is 6.17. The van der Waals surface area contributed by atoms with Gasteiger partial charge in [-0.3, -0.25) is 14.6 Å². The Bertz CT molecular complexity index is 789. The molecule has 7 nitrogen and oxygen atoms in total. The summed E-state index contributed by atoms with van der Waals surface area (Å²) in [6.45, 7) is 8.86. The van der Waals surface area contributed by atoms with Crippen LogP contribution >= 0.6 is 24.0 Å². The number of nitrogens with zero attached hydrogens (tertiary/aromatic N) is 2. The van der Waals surface area contributed by atoms with Crippen molar-refractivity contribution in [3.05, 3.63) is 35.4 Å². The number of carbonyl (C=O) groups excluding carboxylic acids is 2. The molecule has 33 heavy (non-hydrogen) atoms. The van der Waals surface area contributed by atoms with E-state index in [1.54, 1.807) is 0 Å². The fourth-order valence-corrected chi connectivity index (χ4v) is 4.56. The van der Waals surface area contributed by atoms with E-state index in [1.165, 1.54) is 11.1 Å². The van der Waals surface area contributed by atoms with E-state index >= 15 is 0 Å². The van der Waals surface area contributed by atoms with Crippen molar-refractivity contribution >= 4 is 41.8 Å². The zero-order valence-corrected chi connectivity index (χ0v) is 22.6. The third-order valence-electron chi connectivity index (χ3n) is 6.17. The van der Waals surface area contributed by atoms with Crippen LogP contribution in [0.2, 0.25) is 0 Å². The molecule has 184 valence electrons.